The Morgan fingerprint density at radius 2 is 2.11 bits per heavy atom. The van der Waals surface area contributed by atoms with E-state index in [9.17, 15) is 14.9 Å². The van der Waals surface area contributed by atoms with Crippen molar-refractivity contribution in [2.24, 2.45) is 0 Å². The van der Waals surface area contributed by atoms with Gasteiger partial charge < -0.3 is 4.74 Å². The maximum atomic E-state index is 12.4. The second kappa shape index (κ2) is 8.13. The lowest BCUT2D eigenvalue weighted by molar-refractivity contribution is -0.385. The molecule has 0 spiro atoms. The molecule has 0 radical (unpaired) electrons. The first-order valence-corrected chi connectivity index (χ1v) is 9.39. The number of rotatable bonds is 7. The number of amides is 1. The first-order chi connectivity index (χ1) is 13.0. The monoisotopic (exact) mass is 385 g/mol. The molecule has 1 N–H and O–H groups in total. The highest BCUT2D eigenvalue weighted by Gasteiger charge is 2.16. The van der Waals surface area contributed by atoms with Gasteiger partial charge in [0.15, 0.2) is 5.13 Å². The van der Waals surface area contributed by atoms with E-state index in [0.717, 1.165) is 28.8 Å². The first-order valence-electron chi connectivity index (χ1n) is 8.57. The number of ether oxygens (including phenoxy) is 1. The van der Waals surface area contributed by atoms with Crippen molar-refractivity contribution in [2.75, 3.05) is 11.9 Å². The van der Waals surface area contributed by atoms with Gasteiger partial charge >= 0.3 is 0 Å². The summed E-state index contributed by atoms with van der Waals surface area (Å²) in [6.45, 7) is 4.40. The third-order valence-corrected chi connectivity index (χ3v) is 4.95. The van der Waals surface area contributed by atoms with E-state index in [0.29, 0.717) is 17.3 Å². The molecule has 140 valence electrons. The van der Waals surface area contributed by atoms with Gasteiger partial charge in [0.2, 0.25) is 0 Å². The quantitative estimate of drug-likeness (QED) is 0.353. The molecule has 1 amide bonds. The fourth-order valence-corrected chi connectivity index (χ4v) is 3.39. The van der Waals surface area contributed by atoms with Crippen LogP contribution in [0.15, 0.2) is 36.4 Å². The predicted octanol–water partition coefficient (Wildman–Crippen LogP) is 4.94. The maximum absolute atomic E-state index is 12.4. The Hall–Kier alpha value is -3.00. The Kier molecular flexibility index (Phi) is 5.66. The number of fused-ring (bicyclic) bond motifs is 1. The van der Waals surface area contributed by atoms with Crippen LogP contribution in [0.2, 0.25) is 0 Å². The van der Waals surface area contributed by atoms with Crippen molar-refractivity contribution in [3.05, 3.63) is 57.6 Å². The van der Waals surface area contributed by atoms with E-state index in [1.165, 1.54) is 17.4 Å². The van der Waals surface area contributed by atoms with Crippen LogP contribution >= 0.6 is 11.3 Å². The van der Waals surface area contributed by atoms with E-state index >= 15 is 0 Å². The number of hydrogen-bond acceptors (Lipinski definition) is 6. The van der Waals surface area contributed by atoms with Crippen LogP contribution < -0.4 is 10.1 Å². The standard InChI is InChI=1S/C19H19N3O4S/c1-3-4-9-26-14-7-8-15-17(11-14)27-19(20-15)21-18(23)13-6-5-12(2)16(10-13)22(24)25/h5-8,10-11H,3-4,9H2,1-2H3,(H,20,21,23). The first kappa shape index (κ1) is 18.8. The lowest BCUT2D eigenvalue weighted by Gasteiger charge is -2.04. The molecule has 0 fully saturated rings. The molecular formula is C19H19N3O4S. The van der Waals surface area contributed by atoms with Crippen LogP contribution in [0.5, 0.6) is 5.75 Å². The van der Waals surface area contributed by atoms with Crippen LogP contribution in [0, 0.1) is 17.0 Å². The zero-order valence-electron chi connectivity index (χ0n) is 15.0. The number of aromatic nitrogens is 1. The molecule has 0 saturated carbocycles. The van der Waals surface area contributed by atoms with E-state index < -0.39 is 10.8 Å². The van der Waals surface area contributed by atoms with E-state index in [2.05, 4.69) is 17.2 Å². The number of thiazole rings is 1. The van der Waals surface area contributed by atoms with Crippen molar-refractivity contribution in [2.45, 2.75) is 26.7 Å². The molecule has 0 aliphatic heterocycles. The maximum Gasteiger partial charge on any atom is 0.273 e. The summed E-state index contributed by atoms with van der Waals surface area (Å²) in [6.07, 6.45) is 2.06. The van der Waals surface area contributed by atoms with Gasteiger partial charge in [-0.3, -0.25) is 20.2 Å². The van der Waals surface area contributed by atoms with Crippen LogP contribution in [0.4, 0.5) is 10.8 Å². The number of anilines is 1. The van der Waals surface area contributed by atoms with Crippen LogP contribution in [0.25, 0.3) is 10.2 Å². The number of nitrogens with zero attached hydrogens (tertiary/aromatic N) is 2. The van der Waals surface area contributed by atoms with Crippen LogP contribution in [0.3, 0.4) is 0 Å². The summed E-state index contributed by atoms with van der Waals surface area (Å²) in [4.78, 5) is 27.4. The summed E-state index contributed by atoms with van der Waals surface area (Å²) in [5.74, 6) is 0.336. The van der Waals surface area contributed by atoms with Gasteiger partial charge in [-0.25, -0.2) is 4.98 Å². The number of aryl methyl sites for hydroxylation is 1. The van der Waals surface area contributed by atoms with E-state index in [4.69, 9.17) is 4.74 Å². The Bertz CT molecular complexity index is 1000. The molecule has 0 aliphatic rings. The Labute approximate surface area is 160 Å². The largest absolute Gasteiger partial charge is 0.494 e. The number of carbonyl (C=O) groups excluding carboxylic acids is 1. The molecule has 27 heavy (non-hydrogen) atoms. The zero-order chi connectivity index (χ0) is 19.4. The van der Waals surface area contributed by atoms with Gasteiger partial charge in [-0.1, -0.05) is 30.7 Å². The van der Waals surface area contributed by atoms with Crippen molar-refractivity contribution in [1.82, 2.24) is 4.98 Å². The second-order valence-electron chi connectivity index (χ2n) is 6.06. The van der Waals surface area contributed by atoms with Crippen LogP contribution in [-0.4, -0.2) is 22.4 Å². The molecule has 7 nitrogen and oxygen atoms in total. The summed E-state index contributed by atoms with van der Waals surface area (Å²) < 4.78 is 6.59. The fraction of sp³-hybridized carbons (Fsp3) is 0.263. The minimum absolute atomic E-state index is 0.0826. The van der Waals surface area contributed by atoms with Crippen LogP contribution in [0.1, 0.15) is 35.7 Å². The van der Waals surface area contributed by atoms with Crippen molar-refractivity contribution in [3.63, 3.8) is 0 Å². The predicted molar refractivity (Wildman–Crippen MR) is 106 cm³/mol. The number of hydrogen-bond donors (Lipinski definition) is 1. The average molecular weight is 385 g/mol. The third kappa shape index (κ3) is 4.40. The Morgan fingerprint density at radius 3 is 2.85 bits per heavy atom. The smallest absolute Gasteiger partial charge is 0.273 e. The number of carbonyl (C=O) groups is 1. The van der Waals surface area contributed by atoms with Gasteiger partial charge in [0, 0.05) is 17.2 Å². The minimum atomic E-state index is -0.496. The number of benzene rings is 2. The molecule has 8 heteroatoms. The molecule has 3 aromatic rings. The SMILES string of the molecule is CCCCOc1ccc2nc(NC(=O)c3ccc(C)c([N+](=O)[O-])c3)sc2c1. The summed E-state index contributed by atoms with van der Waals surface area (Å²) in [7, 11) is 0. The van der Waals surface area contributed by atoms with Gasteiger partial charge in [0.25, 0.3) is 11.6 Å². The Balaban J connectivity index is 1.77. The summed E-state index contributed by atoms with van der Waals surface area (Å²) >= 11 is 1.33. The normalized spacial score (nSPS) is 10.7. The molecule has 0 atom stereocenters. The van der Waals surface area contributed by atoms with Crippen LogP contribution in [-0.2, 0) is 0 Å². The number of nitro benzene ring substituents is 1. The molecule has 1 aromatic heterocycles. The van der Waals surface area contributed by atoms with Crippen molar-refractivity contribution in [3.8, 4) is 5.75 Å². The molecule has 0 bridgehead atoms. The lowest BCUT2D eigenvalue weighted by atomic mass is 10.1. The van der Waals surface area contributed by atoms with E-state index in [1.807, 2.05) is 18.2 Å². The number of nitro groups is 1. The molecule has 3 rings (SSSR count). The molecule has 0 aliphatic carbocycles. The van der Waals surface area contributed by atoms with Gasteiger partial charge in [0.1, 0.15) is 5.75 Å². The molecule has 0 saturated heterocycles. The average Bonchev–Trinajstić information content (AvgIpc) is 3.03. The summed E-state index contributed by atoms with van der Waals surface area (Å²) in [6, 6.07) is 9.99. The van der Waals surface area contributed by atoms with Crippen molar-refractivity contribution in [1.29, 1.82) is 0 Å². The molecule has 1 heterocycles. The Morgan fingerprint density at radius 1 is 1.30 bits per heavy atom. The second-order valence-corrected chi connectivity index (χ2v) is 7.09. The number of unbranched alkanes of at least 4 members (excludes halogenated alkanes) is 1. The third-order valence-electron chi connectivity index (χ3n) is 4.02. The lowest BCUT2D eigenvalue weighted by Crippen LogP contribution is -2.12. The van der Waals surface area contributed by atoms with Gasteiger partial charge in [-0.2, -0.15) is 0 Å². The fourth-order valence-electron chi connectivity index (χ4n) is 2.50. The van der Waals surface area contributed by atoms with E-state index in [-0.39, 0.29) is 11.3 Å². The minimum Gasteiger partial charge on any atom is -0.494 e. The van der Waals surface area contributed by atoms with Gasteiger partial charge in [0.05, 0.1) is 21.7 Å². The molecule has 0 unspecified atom stereocenters. The van der Waals surface area contributed by atoms with Gasteiger partial charge in [-0.15, -0.1) is 0 Å². The van der Waals surface area contributed by atoms with E-state index in [1.54, 1.807) is 19.1 Å². The zero-order valence-corrected chi connectivity index (χ0v) is 15.8. The summed E-state index contributed by atoms with van der Waals surface area (Å²) in [5.41, 5.74) is 1.40. The number of nitrogens with one attached hydrogen (secondary N) is 1. The van der Waals surface area contributed by atoms with Gasteiger partial charge in [-0.05, 0) is 37.6 Å². The molecule has 2 aromatic carbocycles. The highest BCUT2D eigenvalue weighted by Crippen LogP contribution is 2.30. The highest BCUT2D eigenvalue weighted by atomic mass is 32.1. The van der Waals surface area contributed by atoms with Crippen molar-refractivity contribution < 1.29 is 14.5 Å². The highest BCUT2D eigenvalue weighted by molar-refractivity contribution is 7.22. The summed E-state index contributed by atoms with van der Waals surface area (Å²) in [5, 5.41) is 14.2. The molecular weight excluding hydrogens is 366 g/mol. The topological polar surface area (TPSA) is 94.4 Å². The van der Waals surface area contributed by atoms with Crippen molar-refractivity contribution >= 4 is 38.3 Å².